The maximum Gasteiger partial charge on any atom is 0.239 e. The van der Waals surface area contributed by atoms with Gasteiger partial charge in [-0.3, -0.25) is 9.59 Å². The Bertz CT molecular complexity index is 707. The average molecular weight is 422 g/mol. The number of hydrogen-bond acceptors (Lipinski definition) is 4. The van der Waals surface area contributed by atoms with Gasteiger partial charge in [0.2, 0.25) is 11.8 Å². The molecule has 2 amide bonds. The van der Waals surface area contributed by atoms with E-state index in [1.54, 1.807) is 7.11 Å². The summed E-state index contributed by atoms with van der Waals surface area (Å²) in [6.45, 7) is 2.51. The van der Waals surface area contributed by atoms with Crippen LogP contribution >= 0.6 is 12.4 Å². The van der Waals surface area contributed by atoms with Crippen molar-refractivity contribution in [3.63, 3.8) is 0 Å². The molecular formula is C22H32ClN3O3. The number of fused-ring (bicyclic) bond motifs is 1. The molecule has 2 aliphatic heterocycles. The molecule has 6 nitrogen and oxygen atoms in total. The smallest absolute Gasteiger partial charge is 0.239 e. The van der Waals surface area contributed by atoms with Crippen molar-refractivity contribution in [1.82, 2.24) is 15.1 Å². The van der Waals surface area contributed by atoms with E-state index in [2.05, 4.69) is 5.32 Å². The number of benzene rings is 1. The Balaban J connectivity index is 0.00000240. The van der Waals surface area contributed by atoms with E-state index in [0.717, 1.165) is 17.7 Å². The standard InChI is InChI=1S/C22H31N3O3.ClH/c1-28-18-7-4-5-16(13-18)14-21(26)24-9-11-25(12-10-24)22(27)20-15-17-6-2-3-8-19(17)23-20;/h4-5,7,13,17,19-20,23H,2-3,6,8-12,14-15H2,1H3;1H. The number of methoxy groups -OCH3 is 1. The number of rotatable bonds is 4. The first-order valence-corrected chi connectivity index (χ1v) is 10.6. The van der Waals surface area contributed by atoms with Gasteiger partial charge in [-0.15, -0.1) is 12.4 Å². The van der Waals surface area contributed by atoms with Gasteiger partial charge in [0.25, 0.3) is 0 Å². The first-order valence-electron chi connectivity index (χ1n) is 10.6. The van der Waals surface area contributed by atoms with E-state index in [4.69, 9.17) is 4.74 Å². The van der Waals surface area contributed by atoms with Crippen LogP contribution in [0.3, 0.4) is 0 Å². The van der Waals surface area contributed by atoms with Gasteiger partial charge in [-0.1, -0.05) is 25.0 Å². The molecule has 1 aliphatic carbocycles. The molecular weight excluding hydrogens is 390 g/mol. The fraction of sp³-hybridized carbons (Fsp3) is 0.636. The highest BCUT2D eigenvalue weighted by atomic mass is 35.5. The van der Waals surface area contributed by atoms with Crippen molar-refractivity contribution >= 4 is 24.2 Å². The average Bonchev–Trinajstić information content (AvgIpc) is 3.17. The third-order valence-corrected chi connectivity index (χ3v) is 6.59. The Kier molecular flexibility index (Phi) is 7.41. The highest BCUT2D eigenvalue weighted by Gasteiger charge is 2.40. The zero-order valence-electron chi connectivity index (χ0n) is 17.1. The fourth-order valence-corrected chi connectivity index (χ4v) is 4.98. The zero-order valence-corrected chi connectivity index (χ0v) is 18.0. The molecule has 2 heterocycles. The van der Waals surface area contributed by atoms with Crippen LogP contribution in [0.4, 0.5) is 0 Å². The lowest BCUT2D eigenvalue weighted by atomic mass is 9.85. The van der Waals surface area contributed by atoms with Gasteiger partial charge in [-0.05, 0) is 42.9 Å². The van der Waals surface area contributed by atoms with E-state index >= 15 is 0 Å². The largest absolute Gasteiger partial charge is 0.497 e. The summed E-state index contributed by atoms with van der Waals surface area (Å²) < 4.78 is 5.23. The molecule has 7 heteroatoms. The molecule has 3 aliphatic rings. The van der Waals surface area contributed by atoms with Crippen molar-refractivity contribution in [3.8, 4) is 5.75 Å². The molecule has 0 spiro atoms. The lowest BCUT2D eigenvalue weighted by Crippen LogP contribution is -2.54. The highest BCUT2D eigenvalue weighted by molar-refractivity contribution is 5.85. The molecule has 0 aromatic heterocycles. The summed E-state index contributed by atoms with van der Waals surface area (Å²) in [5, 5.41) is 3.58. The van der Waals surface area contributed by atoms with Crippen LogP contribution in [0.1, 0.15) is 37.7 Å². The number of amides is 2. The molecule has 3 fully saturated rings. The Morgan fingerprint density at radius 3 is 2.55 bits per heavy atom. The van der Waals surface area contributed by atoms with Crippen molar-refractivity contribution in [2.75, 3.05) is 33.3 Å². The normalized spacial score (nSPS) is 26.4. The molecule has 1 saturated carbocycles. The van der Waals surface area contributed by atoms with E-state index in [0.29, 0.717) is 44.6 Å². The van der Waals surface area contributed by atoms with Gasteiger partial charge in [-0.25, -0.2) is 0 Å². The molecule has 1 N–H and O–H groups in total. The van der Waals surface area contributed by atoms with Crippen LogP contribution in [0.15, 0.2) is 24.3 Å². The molecule has 0 radical (unpaired) electrons. The first-order chi connectivity index (χ1) is 13.6. The Hall–Kier alpha value is -1.79. The van der Waals surface area contributed by atoms with E-state index in [9.17, 15) is 9.59 Å². The second kappa shape index (κ2) is 9.81. The summed E-state index contributed by atoms with van der Waals surface area (Å²) in [4.78, 5) is 29.4. The van der Waals surface area contributed by atoms with Crippen molar-refractivity contribution in [2.45, 2.75) is 50.6 Å². The van der Waals surface area contributed by atoms with Crippen molar-refractivity contribution in [3.05, 3.63) is 29.8 Å². The molecule has 4 rings (SSSR count). The van der Waals surface area contributed by atoms with E-state index in [-0.39, 0.29) is 30.3 Å². The number of carbonyl (C=O) groups is 2. The van der Waals surface area contributed by atoms with Crippen LogP contribution in [-0.4, -0.2) is 67.0 Å². The summed E-state index contributed by atoms with van der Waals surface area (Å²) in [7, 11) is 1.63. The van der Waals surface area contributed by atoms with Gasteiger partial charge < -0.3 is 19.9 Å². The lowest BCUT2D eigenvalue weighted by molar-refractivity contribution is -0.140. The van der Waals surface area contributed by atoms with Crippen LogP contribution in [0, 0.1) is 5.92 Å². The quantitative estimate of drug-likeness (QED) is 0.810. The van der Waals surface area contributed by atoms with Crippen LogP contribution in [0.25, 0.3) is 0 Å². The van der Waals surface area contributed by atoms with Crippen LogP contribution in [0.5, 0.6) is 5.75 Å². The zero-order chi connectivity index (χ0) is 19.5. The van der Waals surface area contributed by atoms with Gasteiger partial charge in [0, 0.05) is 32.2 Å². The minimum absolute atomic E-state index is 0. The van der Waals surface area contributed by atoms with Gasteiger partial charge in [0.05, 0.1) is 19.6 Å². The Morgan fingerprint density at radius 1 is 1.10 bits per heavy atom. The maximum atomic E-state index is 12.9. The highest BCUT2D eigenvalue weighted by Crippen LogP contribution is 2.33. The Labute approximate surface area is 179 Å². The molecule has 1 aromatic carbocycles. The first kappa shape index (κ1) is 21.9. The molecule has 2 saturated heterocycles. The van der Waals surface area contributed by atoms with Crippen molar-refractivity contribution < 1.29 is 14.3 Å². The second-order valence-corrected chi connectivity index (χ2v) is 8.34. The van der Waals surface area contributed by atoms with Gasteiger partial charge in [-0.2, -0.15) is 0 Å². The van der Waals surface area contributed by atoms with Crippen molar-refractivity contribution in [1.29, 1.82) is 0 Å². The molecule has 160 valence electrons. The number of hydrogen-bond donors (Lipinski definition) is 1. The van der Waals surface area contributed by atoms with Gasteiger partial charge in [0.15, 0.2) is 0 Å². The topological polar surface area (TPSA) is 61.9 Å². The number of carbonyl (C=O) groups excluding carboxylic acids is 2. The second-order valence-electron chi connectivity index (χ2n) is 8.34. The van der Waals surface area contributed by atoms with Crippen molar-refractivity contribution in [2.24, 2.45) is 5.92 Å². The summed E-state index contributed by atoms with van der Waals surface area (Å²) >= 11 is 0. The maximum absolute atomic E-state index is 12.9. The number of ether oxygens (including phenoxy) is 1. The number of nitrogens with one attached hydrogen (secondary N) is 1. The number of nitrogens with zero attached hydrogens (tertiary/aromatic N) is 2. The minimum atomic E-state index is -0.0212. The van der Waals surface area contributed by atoms with Crippen LogP contribution in [0.2, 0.25) is 0 Å². The van der Waals surface area contributed by atoms with E-state index < -0.39 is 0 Å². The van der Waals surface area contributed by atoms with E-state index in [1.807, 2.05) is 34.1 Å². The number of piperazine rings is 1. The minimum Gasteiger partial charge on any atom is -0.497 e. The summed E-state index contributed by atoms with van der Waals surface area (Å²) in [6.07, 6.45) is 6.41. The summed E-state index contributed by atoms with van der Waals surface area (Å²) in [6, 6.07) is 8.16. The third-order valence-electron chi connectivity index (χ3n) is 6.59. The van der Waals surface area contributed by atoms with E-state index in [1.165, 1.54) is 25.7 Å². The Morgan fingerprint density at radius 2 is 1.83 bits per heavy atom. The lowest BCUT2D eigenvalue weighted by Gasteiger charge is -2.36. The SMILES string of the molecule is COc1cccc(CC(=O)N2CCN(C(=O)C3CC4CCCCC4N3)CC2)c1.Cl. The number of halogens is 1. The fourth-order valence-electron chi connectivity index (χ4n) is 4.98. The monoisotopic (exact) mass is 421 g/mol. The van der Waals surface area contributed by atoms with Gasteiger partial charge in [0.1, 0.15) is 5.75 Å². The van der Waals surface area contributed by atoms with Gasteiger partial charge >= 0.3 is 0 Å². The molecule has 0 bridgehead atoms. The molecule has 3 unspecified atom stereocenters. The third kappa shape index (κ3) is 5.04. The summed E-state index contributed by atoms with van der Waals surface area (Å²) in [5.74, 6) is 1.79. The molecule has 1 aromatic rings. The molecule has 29 heavy (non-hydrogen) atoms. The molecule has 3 atom stereocenters. The van der Waals surface area contributed by atoms with Crippen LogP contribution < -0.4 is 10.1 Å². The summed E-state index contributed by atoms with van der Waals surface area (Å²) in [5.41, 5.74) is 0.959. The van der Waals surface area contributed by atoms with Crippen LogP contribution in [-0.2, 0) is 16.0 Å². The predicted molar refractivity (Wildman–Crippen MR) is 114 cm³/mol. The predicted octanol–water partition coefficient (Wildman–Crippen LogP) is 2.25.